The highest BCUT2D eigenvalue weighted by molar-refractivity contribution is 5.99. The molecule has 2 atom stereocenters. The Morgan fingerprint density at radius 2 is 2.10 bits per heavy atom. The van der Waals surface area contributed by atoms with Gasteiger partial charge < -0.3 is 15.7 Å². The standard InChI is InChI=1S/C20H24F2N6O2/c1-12(7-21)27-15-6-17(28-5-4-13-8-23-11-26-18(13)28)24-9-14(15)19(29)25-10-16(22)20(2,3)30/h4-6,8-9,11-12,16,30H,7,10H2,1-3H3,(H,24,27)(H,25,29)/t12-,16-/m1/s1. The fraction of sp³-hybridized carbons (Fsp3) is 0.400. The third-order valence-electron chi connectivity index (χ3n) is 4.57. The lowest BCUT2D eigenvalue weighted by atomic mass is 10.0. The third-order valence-corrected chi connectivity index (χ3v) is 4.57. The van der Waals surface area contributed by atoms with Crippen molar-refractivity contribution in [3.63, 3.8) is 0 Å². The summed E-state index contributed by atoms with van der Waals surface area (Å²) in [4.78, 5) is 25.2. The van der Waals surface area contributed by atoms with Crippen LogP contribution in [0.1, 0.15) is 31.1 Å². The van der Waals surface area contributed by atoms with E-state index in [4.69, 9.17) is 0 Å². The molecule has 3 N–H and O–H groups in total. The van der Waals surface area contributed by atoms with E-state index >= 15 is 0 Å². The molecule has 0 saturated heterocycles. The summed E-state index contributed by atoms with van der Waals surface area (Å²) < 4.78 is 28.8. The number of carbonyl (C=O) groups excluding carboxylic acids is 1. The molecule has 3 rings (SSSR count). The van der Waals surface area contributed by atoms with Gasteiger partial charge in [-0.2, -0.15) is 0 Å². The molecule has 3 heterocycles. The van der Waals surface area contributed by atoms with Gasteiger partial charge in [0.15, 0.2) is 0 Å². The number of alkyl halides is 2. The SMILES string of the molecule is C[C@H](CF)Nc1cc(-n2ccc3cncnc32)ncc1C(=O)NC[C@@H](F)C(C)(C)O. The predicted molar refractivity (Wildman–Crippen MR) is 109 cm³/mol. The van der Waals surface area contributed by atoms with Gasteiger partial charge in [0.05, 0.1) is 29.4 Å². The molecule has 3 aromatic heterocycles. The number of carbonyl (C=O) groups is 1. The minimum atomic E-state index is -1.65. The van der Waals surface area contributed by atoms with Crippen LogP contribution in [0.2, 0.25) is 0 Å². The second-order valence-electron chi connectivity index (χ2n) is 7.61. The Bertz CT molecular complexity index is 1030. The quantitative estimate of drug-likeness (QED) is 0.519. The largest absolute Gasteiger partial charge is 0.387 e. The first-order valence-corrected chi connectivity index (χ1v) is 9.45. The molecule has 160 valence electrons. The van der Waals surface area contributed by atoms with Gasteiger partial charge in [-0.25, -0.2) is 23.7 Å². The van der Waals surface area contributed by atoms with E-state index in [1.165, 1.54) is 26.4 Å². The number of aliphatic hydroxyl groups is 1. The molecule has 30 heavy (non-hydrogen) atoms. The van der Waals surface area contributed by atoms with Crippen LogP contribution in [0, 0.1) is 0 Å². The van der Waals surface area contributed by atoms with Crippen molar-refractivity contribution < 1.29 is 18.7 Å². The van der Waals surface area contributed by atoms with Gasteiger partial charge in [0.2, 0.25) is 0 Å². The first-order valence-electron chi connectivity index (χ1n) is 9.45. The van der Waals surface area contributed by atoms with Crippen LogP contribution in [0.15, 0.2) is 37.1 Å². The lowest BCUT2D eigenvalue weighted by molar-refractivity contribution is -0.00177. The van der Waals surface area contributed by atoms with Crippen LogP contribution in [0.5, 0.6) is 0 Å². The van der Waals surface area contributed by atoms with Gasteiger partial charge in [0, 0.05) is 30.0 Å². The average Bonchev–Trinajstić information content (AvgIpc) is 3.15. The van der Waals surface area contributed by atoms with Gasteiger partial charge in [-0.15, -0.1) is 0 Å². The highest BCUT2D eigenvalue weighted by Gasteiger charge is 2.27. The summed E-state index contributed by atoms with van der Waals surface area (Å²) in [6.07, 6.45) is 4.53. The summed E-state index contributed by atoms with van der Waals surface area (Å²) in [5.74, 6) is -0.122. The number of hydrogen-bond donors (Lipinski definition) is 3. The lowest BCUT2D eigenvalue weighted by Crippen LogP contribution is -2.42. The molecule has 0 bridgehead atoms. The summed E-state index contributed by atoms with van der Waals surface area (Å²) in [5.41, 5.74) is -0.480. The monoisotopic (exact) mass is 418 g/mol. The van der Waals surface area contributed by atoms with Crippen LogP contribution in [0.3, 0.4) is 0 Å². The summed E-state index contributed by atoms with van der Waals surface area (Å²) >= 11 is 0. The fourth-order valence-electron chi connectivity index (χ4n) is 2.77. The molecule has 0 aromatic carbocycles. The summed E-state index contributed by atoms with van der Waals surface area (Å²) in [7, 11) is 0. The maximum Gasteiger partial charge on any atom is 0.255 e. The van der Waals surface area contributed by atoms with E-state index in [2.05, 4.69) is 25.6 Å². The predicted octanol–water partition coefficient (Wildman–Crippen LogP) is 2.42. The van der Waals surface area contributed by atoms with Crippen molar-refractivity contribution >= 4 is 22.6 Å². The Kier molecular flexibility index (Phi) is 6.25. The van der Waals surface area contributed by atoms with Gasteiger partial charge in [-0.1, -0.05) is 0 Å². The number of nitrogens with one attached hydrogen (secondary N) is 2. The first-order chi connectivity index (χ1) is 14.2. The summed E-state index contributed by atoms with van der Waals surface area (Å²) in [6.45, 7) is 3.25. The number of rotatable bonds is 8. The van der Waals surface area contributed by atoms with Crippen molar-refractivity contribution in [3.8, 4) is 5.82 Å². The number of pyridine rings is 1. The van der Waals surface area contributed by atoms with Crippen LogP contribution >= 0.6 is 0 Å². The third kappa shape index (κ3) is 4.70. The average molecular weight is 418 g/mol. The molecule has 0 unspecified atom stereocenters. The number of nitrogens with zero attached hydrogens (tertiary/aromatic N) is 4. The molecule has 0 radical (unpaired) electrons. The van der Waals surface area contributed by atoms with Crippen molar-refractivity contribution in [2.75, 3.05) is 18.5 Å². The van der Waals surface area contributed by atoms with Crippen molar-refractivity contribution in [2.45, 2.75) is 38.6 Å². The highest BCUT2D eigenvalue weighted by atomic mass is 19.1. The zero-order chi connectivity index (χ0) is 21.9. The molecule has 0 aliphatic rings. The number of fused-ring (bicyclic) bond motifs is 1. The molecule has 3 aromatic rings. The van der Waals surface area contributed by atoms with Gasteiger partial charge in [0.25, 0.3) is 5.91 Å². The summed E-state index contributed by atoms with van der Waals surface area (Å²) in [5, 5.41) is 15.9. The van der Waals surface area contributed by atoms with E-state index in [1.807, 2.05) is 6.07 Å². The lowest BCUT2D eigenvalue weighted by Gasteiger charge is -2.23. The Labute approximate surface area is 172 Å². The van der Waals surface area contributed by atoms with Crippen LogP contribution in [0.4, 0.5) is 14.5 Å². The van der Waals surface area contributed by atoms with Gasteiger partial charge in [-0.3, -0.25) is 9.36 Å². The highest BCUT2D eigenvalue weighted by Crippen LogP contribution is 2.23. The van der Waals surface area contributed by atoms with Crippen LogP contribution in [-0.2, 0) is 0 Å². The number of hydrogen-bond acceptors (Lipinski definition) is 6. The van der Waals surface area contributed by atoms with E-state index in [9.17, 15) is 18.7 Å². The Balaban J connectivity index is 1.92. The Morgan fingerprint density at radius 3 is 2.80 bits per heavy atom. The Morgan fingerprint density at radius 1 is 1.33 bits per heavy atom. The molecule has 0 fully saturated rings. The zero-order valence-electron chi connectivity index (χ0n) is 16.9. The van der Waals surface area contributed by atoms with E-state index < -0.39 is 30.4 Å². The minimum Gasteiger partial charge on any atom is -0.387 e. The molecule has 0 saturated carbocycles. The second kappa shape index (κ2) is 8.70. The number of anilines is 1. The fourth-order valence-corrected chi connectivity index (χ4v) is 2.77. The number of amides is 1. The smallest absolute Gasteiger partial charge is 0.255 e. The molecule has 8 nitrogen and oxygen atoms in total. The van der Waals surface area contributed by atoms with Crippen molar-refractivity contribution in [2.24, 2.45) is 0 Å². The van der Waals surface area contributed by atoms with Crippen molar-refractivity contribution in [1.29, 1.82) is 0 Å². The zero-order valence-corrected chi connectivity index (χ0v) is 16.9. The van der Waals surface area contributed by atoms with Crippen molar-refractivity contribution in [3.05, 3.63) is 42.6 Å². The van der Waals surface area contributed by atoms with Crippen LogP contribution in [0.25, 0.3) is 16.9 Å². The van der Waals surface area contributed by atoms with Crippen LogP contribution < -0.4 is 10.6 Å². The van der Waals surface area contributed by atoms with Gasteiger partial charge in [-0.05, 0) is 26.8 Å². The molecule has 0 aliphatic carbocycles. The van der Waals surface area contributed by atoms with Gasteiger partial charge >= 0.3 is 0 Å². The molecular formula is C20H24F2N6O2. The second-order valence-corrected chi connectivity index (χ2v) is 7.61. The molecule has 10 heteroatoms. The summed E-state index contributed by atoms with van der Waals surface area (Å²) in [6, 6.07) is 2.87. The Hall–Kier alpha value is -3.14. The topological polar surface area (TPSA) is 105 Å². The maximum atomic E-state index is 14.0. The first kappa shape index (κ1) is 21.6. The number of halogens is 2. The van der Waals surface area contributed by atoms with E-state index in [1.54, 1.807) is 30.0 Å². The van der Waals surface area contributed by atoms with Crippen molar-refractivity contribution in [1.82, 2.24) is 24.8 Å². The molecular weight excluding hydrogens is 394 g/mol. The van der Waals surface area contributed by atoms with E-state index in [0.717, 1.165) is 5.39 Å². The molecule has 1 amide bonds. The van der Waals surface area contributed by atoms with Gasteiger partial charge in [0.1, 0.15) is 30.6 Å². The van der Waals surface area contributed by atoms with E-state index in [0.29, 0.717) is 17.2 Å². The number of aromatic nitrogens is 4. The normalized spacial score (nSPS) is 13.8. The molecule has 0 spiro atoms. The maximum absolute atomic E-state index is 14.0. The van der Waals surface area contributed by atoms with E-state index in [-0.39, 0.29) is 12.1 Å². The van der Waals surface area contributed by atoms with Crippen LogP contribution in [-0.4, -0.2) is 61.6 Å². The molecule has 0 aliphatic heterocycles. The minimum absolute atomic E-state index is 0.132.